The Bertz CT molecular complexity index is 1210. The molecule has 8 rings (SSSR count). The van der Waals surface area contributed by atoms with Gasteiger partial charge >= 0.3 is 6.03 Å². The summed E-state index contributed by atoms with van der Waals surface area (Å²) in [6, 6.07) is 7.22. The Labute approximate surface area is 207 Å². The van der Waals surface area contributed by atoms with E-state index in [2.05, 4.69) is 20.8 Å². The van der Waals surface area contributed by atoms with Gasteiger partial charge in [-0.1, -0.05) is 35.6 Å². The minimum absolute atomic E-state index is 0.126. The van der Waals surface area contributed by atoms with Crippen molar-refractivity contribution in [2.45, 2.75) is 68.7 Å². The molecule has 35 heavy (non-hydrogen) atoms. The number of benzene rings is 1. The fourth-order valence-electron chi connectivity index (χ4n) is 8.12. The van der Waals surface area contributed by atoms with E-state index in [-0.39, 0.29) is 17.9 Å². The molecule has 1 aliphatic heterocycles. The number of aryl methyl sites for hydroxylation is 1. The number of nitrogens with one attached hydrogen (secondary N) is 2. The van der Waals surface area contributed by atoms with Crippen LogP contribution in [0.15, 0.2) is 24.3 Å². The number of carbonyl (C=O) groups excluding carboxylic acids is 3. The topological polar surface area (TPSA) is 104 Å². The molecule has 1 atom stereocenters. The summed E-state index contributed by atoms with van der Waals surface area (Å²) in [4.78, 5) is 40.2. The van der Waals surface area contributed by atoms with Crippen LogP contribution in [0.5, 0.6) is 0 Å². The van der Waals surface area contributed by atoms with E-state index in [4.69, 9.17) is 0 Å². The van der Waals surface area contributed by atoms with Crippen LogP contribution in [0.2, 0.25) is 0 Å². The van der Waals surface area contributed by atoms with Crippen molar-refractivity contribution in [3.63, 3.8) is 0 Å². The van der Waals surface area contributed by atoms with Gasteiger partial charge in [0.25, 0.3) is 5.91 Å². The molecule has 1 aromatic heterocycles. The van der Waals surface area contributed by atoms with Crippen LogP contribution in [0.25, 0.3) is 0 Å². The molecule has 4 amide bonds. The molecule has 1 aromatic carbocycles. The van der Waals surface area contributed by atoms with Crippen LogP contribution in [0.4, 0.5) is 9.93 Å². The van der Waals surface area contributed by atoms with Crippen molar-refractivity contribution in [2.24, 2.45) is 17.8 Å². The number of imide groups is 1. The van der Waals surface area contributed by atoms with Crippen molar-refractivity contribution in [1.82, 2.24) is 20.4 Å². The summed E-state index contributed by atoms with van der Waals surface area (Å²) in [5.74, 6) is 1.64. The van der Waals surface area contributed by atoms with E-state index >= 15 is 0 Å². The molecule has 9 heteroatoms. The van der Waals surface area contributed by atoms with Crippen LogP contribution in [0, 0.1) is 17.8 Å². The summed E-state index contributed by atoms with van der Waals surface area (Å²) < 4.78 is 0. The number of fused-ring (bicyclic) bond motifs is 2. The lowest BCUT2D eigenvalue weighted by atomic mass is 9.50. The van der Waals surface area contributed by atoms with Crippen molar-refractivity contribution in [3.05, 3.63) is 40.4 Å². The standard InChI is InChI=1S/C26H29N5O3S/c32-20(14-31-22(33)26(28-24(31)34)7-3-5-18-4-1-2-6-19(18)26)27-23-30-29-21(35-23)25-11-15-8-16(12-25)10-17(9-15)13-25/h1-2,4,6,15-17H,3,5,7-14H2,(H,28,34)(H,27,30,32). The van der Waals surface area contributed by atoms with E-state index in [1.165, 1.54) is 49.9 Å². The van der Waals surface area contributed by atoms with Gasteiger partial charge in [0.1, 0.15) is 17.1 Å². The van der Waals surface area contributed by atoms with Crippen molar-refractivity contribution in [2.75, 3.05) is 11.9 Å². The second-order valence-electron chi connectivity index (χ2n) is 11.4. The lowest BCUT2D eigenvalue weighted by molar-refractivity contribution is -0.134. The number of hydrogen-bond donors (Lipinski definition) is 2. The number of carbonyl (C=O) groups is 3. The van der Waals surface area contributed by atoms with Gasteiger partial charge in [0.05, 0.1) is 0 Å². The third-order valence-electron chi connectivity index (χ3n) is 9.12. The van der Waals surface area contributed by atoms with Gasteiger partial charge < -0.3 is 5.32 Å². The molecular formula is C26H29N5O3S. The van der Waals surface area contributed by atoms with Gasteiger partial charge in [-0.15, -0.1) is 10.2 Å². The lowest BCUT2D eigenvalue weighted by Crippen LogP contribution is -2.48. The van der Waals surface area contributed by atoms with Gasteiger partial charge in [-0.25, -0.2) is 4.79 Å². The Balaban J connectivity index is 1.06. The Morgan fingerprint density at radius 3 is 2.54 bits per heavy atom. The first-order valence-corrected chi connectivity index (χ1v) is 13.6. The molecule has 1 spiro atoms. The zero-order valence-corrected chi connectivity index (χ0v) is 20.4. The maximum absolute atomic E-state index is 13.4. The molecule has 182 valence electrons. The smallest absolute Gasteiger partial charge is 0.319 e. The largest absolute Gasteiger partial charge is 0.325 e. The van der Waals surface area contributed by atoms with Crippen LogP contribution < -0.4 is 10.6 Å². The highest BCUT2D eigenvalue weighted by Crippen LogP contribution is 2.61. The average molecular weight is 492 g/mol. The maximum Gasteiger partial charge on any atom is 0.325 e. The van der Waals surface area contributed by atoms with Gasteiger partial charge in [-0.2, -0.15) is 0 Å². The third-order valence-corrected chi connectivity index (χ3v) is 10.2. The number of hydrogen-bond acceptors (Lipinski definition) is 6. The van der Waals surface area contributed by atoms with E-state index in [0.717, 1.165) is 51.6 Å². The molecule has 6 aliphatic rings. The Hall–Kier alpha value is -2.81. The van der Waals surface area contributed by atoms with Crippen molar-refractivity contribution in [3.8, 4) is 0 Å². The minimum atomic E-state index is -1.07. The molecule has 1 saturated heterocycles. The number of urea groups is 1. The molecule has 0 radical (unpaired) electrons. The van der Waals surface area contributed by atoms with E-state index in [0.29, 0.717) is 11.6 Å². The Morgan fingerprint density at radius 1 is 1.09 bits per heavy atom. The number of rotatable bonds is 4. The molecular weight excluding hydrogens is 462 g/mol. The fourth-order valence-corrected chi connectivity index (χ4v) is 9.10. The second-order valence-corrected chi connectivity index (χ2v) is 12.4. The van der Waals surface area contributed by atoms with Gasteiger partial charge in [0.15, 0.2) is 0 Å². The first kappa shape index (κ1) is 21.5. The number of amides is 4. The van der Waals surface area contributed by atoms with Gasteiger partial charge in [-0.3, -0.25) is 19.8 Å². The fraction of sp³-hybridized carbons (Fsp3) is 0.577. The average Bonchev–Trinajstić information content (AvgIpc) is 3.38. The first-order chi connectivity index (χ1) is 16.9. The first-order valence-electron chi connectivity index (χ1n) is 12.8. The van der Waals surface area contributed by atoms with Crippen molar-refractivity contribution in [1.29, 1.82) is 0 Å². The van der Waals surface area contributed by atoms with Gasteiger partial charge in [-0.05, 0) is 86.7 Å². The van der Waals surface area contributed by atoms with Gasteiger partial charge in [0, 0.05) is 5.41 Å². The van der Waals surface area contributed by atoms with Gasteiger partial charge in [0.2, 0.25) is 11.0 Å². The molecule has 4 saturated carbocycles. The van der Waals surface area contributed by atoms with Crippen molar-refractivity contribution >= 4 is 34.3 Å². The predicted octanol–water partition coefficient (Wildman–Crippen LogP) is 3.73. The molecule has 2 heterocycles. The molecule has 2 N–H and O–H groups in total. The summed E-state index contributed by atoms with van der Waals surface area (Å²) in [6.07, 6.45) is 9.87. The summed E-state index contributed by atoms with van der Waals surface area (Å²) in [6.45, 7) is -0.332. The quantitative estimate of drug-likeness (QED) is 0.635. The highest BCUT2D eigenvalue weighted by atomic mass is 32.1. The molecule has 1 unspecified atom stereocenters. The predicted molar refractivity (Wildman–Crippen MR) is 130 cm³/mol. The number of anilines is 1. The second kappa shape index (κ2) is 7.59. The molecule has 4 bridgehead atoms. The SMILES string of the molecule is O=C(CN1C(=O)NC2(CCCc3ccccc32)C1=O)Nc1nnc(C23CC4CC(CC(C4)C2)C3)s1. The molecule has 2 aromatic rings. The normalized spacial score (nSPS) is 34.9. The van der Waals surface area contributed by atoms with Crippen LogP contribution in [-0.4, -0.2) is 39.5 Å². The van der Waals surface area contributed by atoms with Crippen LogP contribution in [0.1, 0.15) is 67.5 Å². The summed E-state index contributed by atoms with van der Waals surface area (Å²) in [5.41, 5.74) is 0.975. The molecule has 5 aliphatic carbocycles. The zero-order valence-electron chi connectivity index (χ0n) is 19.6. The molecule has 8 nitrogen and oxygen atoms in total. The van der Waals surface area contributed by atoms with E-state index in [1.807, 2.05) is 24.3 Å². The summed E-state index contributed by atoms with van der Waals surface area (Å²) in [7, 11) is 0. The van der Waals surface area contributed by atoms with Crippen molar-refractivity contribution < 1.29 is 14.4 Å². The van der Waals surface area contributed by atoms with Crippen LogP contribution in [-0.2, 0) is 27.0 Å². The summed E-state index contributed by atoms with van der Waals surface area (Å²) >= 11 is 1.46. The van der Waals surface area contributed by atoms with E-state index in [9.17, 15) is 14.4 Å². The van der Waals surface area contributed by atoms with Crippen LogP contribution in [0.3, 0.4) is 0 Å². The highest BCUT2D eigenvalue weighted by Gasteiger charge is 2.55. The minimum Gasteiger partial charge on any atom is -0.319 e. The number of aromatic nitrogens is 2. The summed E-state index contributed by atoms with van der Waals surface area (Å²) in [5, 5.41) is 16.0. The Morgan fingerprint density at radius 2 is 1.80 bits per heavy atom. The molecule has 5 fully saturated rings. The van der Waals surface area contributed by atoms with E-state index in [1.54, 1.807) is 0 Å². The lowest BCUT2D eigenvalue weighted by Gasteiger charge is -2.55. The maximum atomic E-state index is 13.4. The number of nitrogens with zero attached hydrogens (tertiary/aromatic N) is 3. The van der Waals surface area contributed by atoms with E-state index < -0.39 is 17.5 Å². The third kappa shape index (κ3) is 3.27. The zero-order chi connectivity index (χ0) is 23.8. The monoisotopic (exact) mass is 491 g/mol. The highest BCUT2D eigenvalue weighted by molar-refractivity contribution is 7.15. The Kier molecular flexibility index (Phi) is 4.66. The van der Waals surface area contributed by atoms with Crippen LogP contribution >= 0.6 is 11.3 Å².